The lowest BCUT2D eigenvalue weighted by molar-refractivity contribution is 0.111. The first kappa shape index (κ1) is 8.60. The average molecular weight is 181 g/mol. The molecule has 0 saturated carbocycles. The van der Waals surface area contributed by atoms with Crippen molar-refractivity contribution in [2.45, 2.75) is 33.2 Å². The maximum atomic E-state index is 11.2. The van der Waals surface area contributed by atoms with Crippen LogP contribution in [0, 0.1) is 5.92 Å². The minimum absolute atomic E-state index is 0.161. The third-order valence-corrected chi connectivity index (χ3v) is 2.90. The zero-order valence-electron chi connectivity index (χ0n) is 8.33. The Hall–Kier alpha value is -0.990. The van der Waals surface area contributed by atoms with Crippen molar-refractivity contribution in [2.24, 2.45) is 5.92 Å². The molecule has 1 amide bonds. The maximum absolute atomic E-state index is 11.2. The summed E-state index contributed by atoms with van der Waals surface area (Å²) in [6.45, 7) is 6.98. The summed E-state index contributed by atoms with van der Waals surface area (Å²) >= 11 is 0. The molecule has 2 heterocycles. The van der Waals surface area contributed by atoms with E-state index < -0.39 is 0 Å². The predicted octanol–water partition coefficient (Wildman–Crippen LogP) is 2.14. The smallest absolute Gasteiger partial charge is 0.414 e. The molecule has 1 unspecified atom stereocenters. The molecule has 2 aliphatic heterocycles. The van der Waals surface area contributed by atoms with Crippen molar-refractivity contribution in [3.63, 3.8) is 0 Å². The zero-order valence-corrected chi connectivity index (χ0v) is 8.33. The van der Waals surface area contributed by atoms with E-state index in [1.165, 1.54) is 11.3 Å². The number of amides is 1. The van der Waals surface area contributed by atoms with Crippen molar-refractivity contribution in [3.8, 4) is 0 Å². The van der Waals surface area contributed by atoms with E-state index in [0.29, 0.717) is 18.6 Å². The van der Waals surface area contributed by atoms with Gasteiger partial charge in [0.15, 0.2) is 0 Å². The Labute approximate surface area is 78.4 Å². The van der Waals surface area contributed by atoms with Crippen LogP contribution in [0.4, 0.5) is 4.79 Å². The van der Waals surface area contributed by atoms with Crippen LogP contribution in [0.5, 0.6) is 0 Å². The van der Waals surface area contributed by atoms with Crippen LogP contribution in [-0.2, 0) is 4.74 Å². The monoisotopic (exact) mass is 181 g/mol. The molecule has 0 spiro atoms. The van der Waals surface area contributed by atoms with Gasteiger partial charge in [0.2, 0.25) is 0 Å². The van der Waals surface area contributed by atoms with E-state index in [0.717, 1.165) is 6.42 Å². The molecule has 72 valence electrons. The normalized spacial score (nSPS) is 30.0. The van der Waals surface area contributed by atoms with Gasteiger partial charge < -0.3 is 4.74 Å². The number of hydrogen-bond acceptors (Lipinski definition) is 2. The van der Waals surface area contributed by atoms with Crippen molar-refractivity contribution < 1.29 is 9.53 Å². The van der Waals surface area contributed by atoms with Crippen molar-refractivity contribution >= 4 is 6.09 Å². The molecule has 0 aliphatic carbocycles. The molecule has 0 N–H and O–H groups in total. The minimum Gasteiger partial charge on any atom is -0.449 e. The molecule has 1 atom stereocenters. The molecule has 13 heavy (non-hydrogen) atoms. The highest BCUT2D eigenvalue weighted by molar-refractivity contribution is 5.77. The summed E-state index contributed by atoms with van der Waals surface area (Å²) in [6.07, 6.45) is 0.803. The molecule has 0 radical (unpaired) electrons. The van der Waals surface area contributed by atoms with Crippen molar-refractivity contribution in [1.29, 1.82) is 0 Å². The molecule has 3 nitrogen and oxygen atoms in total. The lowest BCUT2D eigenvalue weighted by Gasteiger charge is -2.09. The number of carbonyl (C=O) groups is 1. The molecule has 2 fully saturated rings. The fourth-order valence-corrected chi connectivity index (χ4v) is 1.80. The number of cyclic esters (lactones) is 1. The van der Waals surface area contributed by atoms with E-state index in [1.54, 1.807) is 4.90 Å². The van der Waals surface area contributed by atoms with E-state index in [1.807, 2.05) is 0 Å². The highest BCUT2D eigenvalue weighted by Gasteiger charge is 2.50. The Morgan fingerprint density at radius 2 is 2.31 bits per heavy atom. The summed E-state index contributed by atoms with van der Waals surface area (Å²) in [7, 11) is 0. The predicted molar refractivity (Wildman–Crippen MR) is 49.1 cm³/mol. The number of ether oxygens (including phenoxy) is 1. The summed E-state index contributed by atoms with van der Waals surface area (Å²) in [4.78, 5) is 13.0. The Kier molecular flexibility index (Phi) is 1.82. The highest BCUT2D eigenvalue weighted by Crippen LogP contribution is 2.42. The average Bonchev–Trinajstić information content (AvgIpc) is 2.78. The van der Waals surface area contributed by atoms with Gasteiger partial charge in [-0.3, -0.25) is 4.90 Å². The summed E-state index contributed by atoms with van der Waals surface area (Å²) in [5.41, 5.74) is 2.53. The van der Waals surface area contributed by atoms with Gasteiger partial charge in [-0.15, -0.1) is 0 Å². The summed E-state index contributed by atoms with van der Waals surface area (Å²) in [5.74, 6) is 0.522. The summed E-state index contributed by atoms with van der Waals surface area (Å²) in [6, 6.07) is 0.364. The second kappa shape index (κ2) is 2.76. The number of allylic oxidation sites excluding steroid dienone is 1. The Morgan fingerprint density at radius 1 is 1.62 bits per heavy atom. The van der Waals surface area contributed by atoms with Crippen LogP contribution < -0.4 is 0 Å². The molecule has 0 aromatic heterocycles. The van der Waals surface area contributed by atoms with Crippen molar-refractivity contribution in [1.82, 2.24) is 4.90 Å². The van der Waals surface area contributed by atoms with Crippen LogP contribution in [0.15, 0.2) is 11.3 Å². The van der Waals surface area contributed by atoms with Gasteiger partial charge in [-0.25, -0.2) is 4.79 Å². The quantitative estimate of drug-likeness (QED) is 0.580. The van der Waals surface area contributed by atoms with E-state index in [-0.39, 0.29) is 6.09 Å². The Morgan fingerprint density at radius 3 is 2.85 bits per heavy atom. The first-order chi connectivity index (χ1) is 6.13. The van der Waals surface area contributed by atoms with Gasteiger partial charge in [-0.05, 0) is 18.4 Å². The molecular formula is C10H15NO2. The lowest BCUT2D eigenvalue weighted by atomic mass is 10.0. The second-order valence-electron chi connectivity index (χ2n) is 4.01. The fourth-order valence-electron chi connectivity index (χ4n) is 1.80. The third-order valence-electron chi connectivity index (χ3n) is 2.90. The number of fused-ring (bicyclic) bond motifs is 1. The van der Waals surface area contributed by atoms with Crippen LogP contribution in [0.25, 0.3) is 0 Å². The highest BCUT2D eigenvalue weighted by atomic mass is 16.6. The second-order valence-corrected chi connectivity index (χ2v) is 4.01. The van der Waals surface area contributed by atoms with Crippen LogP contribution in [-0.4, -0.2) is 23.6 Å². The number of carbonyl (C=O) groups excluding carboxylic acids is 1. The fraction of sp³-hybridized carbons (Fsp3) is 0.700. The van der Waals surface area contributed by atoms with Crippen molar-refractivity contribution in [2.75, 3.05) is 6.61 Å². The van der Waals surface area contributed by atoms with Crippen LogP contribution in [0.3, 0.4) is 0 Å². The van der Waals surface area contributed by atoms with Gasteiger partial charge in [-0.2, -0.15) is 0 Å². The first-order valence-electron chi connectivity index (χ1n) is 4.79. The Balaban J connectivity index is 2.22. The maximum Gasteiger partial charge on any atom is 0.414 e. The third kappa shape index (κ3) is 1.23. The first-order valence-corrected chi connectivity index (χ1v) is 4.79. The van der Waals surface area contributed by atoms with Crippen LogP contribution in [0.2, 0.25) is 0 Å². The van der Waals surface area contributed by atoms with Gasteiger partial charge in [0.05, 0.1) is 12.6 Å². The van der Waals surface area contributed by atoms with E-state index in [4.69, 9.17) is 4.74 Å². The molecule has 2 rings (SSSR count). The standard InChI is InChI=1S/C10H15NO2/c1-6(2)7(3)9-8-4-5-13-10(12)11(8)9/h6,8H,4-5H2,1-3H3. The summed E-state index contributed by atoms with van der Waals surface area (Å²) in [5, 5.41) is 0. The van der Waals surface area contributed by atoms with Gasteiger partial charge in [0, 0.05) is 12.1 Å². The summed E-state index contributed by atoms with van der Waals surface area (Å²) < 4.78 is 4.94. The topological polar surface area (TPSA) is 29.3 Å². The van der Waals surface area contributed by atoms with Crippen LogP contribution in [0.1, 0.15) is 27.2 Å². The minimum atomic E-state index is -0.161. The molecule has 0 aromatic rings. The van der Waals surface area contributed by atoms with Crippen LogP contribution >= 0.6 is 0 Å². The molecule has 2 saturated heterocycles. The molecule has 0 bridgehead atoms. The molecule has 3 heteroatoms. The van der Waals surface area contributed by atoms with E-state index in [9.17, 15) is 4.79 Å². The van der Waals surface area contributed by atoms with Gasteiger partial charge in [-0.1, -0.05) is 13.8 Å². The molecular weight excluding hydrogens is 166 g/mol. The van der Waals surface area contributed by atoms with E-state index in [2.05, 4.69) is 20.8 Å². The van der Waals surface area contributed by atoms with Gasteiger partial charge >= 0.3 is 6.09 Å². The number of hydrogen-bond donors (Lipinski definition) is 0. The van der Waals surface area contributed by atoms with E-state index >= 15 is 0 Å². The van der Waals surface area contributed by atoms with Gasteiger partial charge in [0.1, 0.15) is 0 Å². The Bertz CT molecular complexity index is 281. The van der Waals surface area contributed by atoms with Crippen molar-refractivity contribution in [3.05, 3.63) is 11.3 Å². The number of nitrogens with zero attached hydrogens (tertiary/aromatic N) is 1. The largest absolute Gasteiger partial charge is 0.449 e. The SMILES string of the molecule is CC(=C1C2CCOC(=O)N12)C(C)C. The molecule has 2 aliphatic rings. The molecule has 0 aromatic carbocycles. The lowest BCUT2D eigenvalue weighted by Crippen LogP contribution is -2.22. The zero-order chi connectivity index (χ0) is 9.59. The van der Waals surface area contributed by atoms with Gasteiger partial charge in [0.25, 0.3) is 0 Å². The number of rotatable bonds is 1.